The summed E-state index contributed by atoms with van der Waals surface area (Å²) in [5.41, 5.74) is 0. The molecule has 0 rings (SSSR count). The molecule has 4 nitrogen and oxygen atoms in total. The molecule has 0 unspecified atom stereocenters. The van der Waals surface area contributed by atoms with Gasteiger partial charge in [0.15, 0.2) is 0 Å². The molecule has 44 valence electrons. The summed E-state index contributed by atoms with van der Waals surface area (Å²) < 4.78 is 31.6. The van der Waals surface area contributed by atoms with Crippen molar-refractivity contribution in [2.45, 2.75) is 0 Å². The normalized spacial score (nSPS) is 8.29. The van der Waals surface area contributed by atoms with Gasteiger partial charge in [0.05, 0.1) is 0 Å². The second kappa shape index (κ2) is 5.74. The second-order valence-electron chi connectivity index (χ2n) is 0.448. The van der Waals surface area contributed by atoms with Gasteiger partial charge in [-0.15, -0.1) is 0 Å². The van der Waals surface area contributed by atoms with Crippen LogP contribution in [0.5, 0.6) is 0 Å². The summed E-state index contributed by atoms with van der Waals surface area (Å²) in [6.45, 7) is 0. The van der Waals surface area contributed by atoms with Crippen LogP contribution in [0.15, 0.2) is 0 Å². The largest absolute Gasteiger partial charge is 0.394 e. The second-order valence-corrected chi connectivity index (χ2v) is 1.34. The van der Waals surface area contributed by atoms with Crippen molar-refractivity contribution in [3.05, 3.63) is 0 Å². The standard InChI is InChI=1S/Au.Na.H2O4S/c;;1-5(2,3)4/h;;(H2,1,2,3,4). The SMILES string of the molecule is O=S(=O)(O)O.[Au].[Na]. The molecule has 0 amide bonds. The van der Waals surface area contributed by atoms with Crippen molar-refractivity contribution in [2.75, 3.05) is 0 Å². The van der Waals surface area contributed by atoms with Crippen molar-refractivity contribution in [3.63, 3.8) is 0 Å². The molecule has 7 heavy (non-hydrogen) atoms. The number of rotatable bonds is 0. The Hall–Kier alpha value is 1.61. The van der Waals surface area contributed by atoms with Gasteiger partial charge in [-0.2, -0.15) is 8.42 Å². The first-order valence-corrected chi connectivity index (χ1v) is 2.10. The molecule has 0 atom stereocenters. The molecule has 0 saturated heterocycles. The quantitative estimate of drug-likeness (QED) is 0.442. The molecule has 0 fully saturated rings. The van der Waals surface area contributed by atoms with Crippen LogP contribution < -0.4 is 0 Å². The van der Waals surface area contributed by atoms with Crippen molar-refractivity contribution >= 4 is 40.0 Å². The van der Waals surface area contributed by atoms with Gasteiger partial charge in [-0.1, -0.05) is 0 Å². The van der Waals surface area contributed by atoms with Crippen LogP contribution in [0, 0.1) is 0 Å². The van der Waals surface area contributed by atoms with Crippen LogP contribution in [0.2, 0.25) is 0 Å². The molecule has 7 heteroatoms. The van der Waals surface area contributed by atoms with Gasteiger partial charge in [0.1, 0.15) is 0 Å². The van der Waals surface area contributed by atoms with Gasteiger partial charge >= 0.3 is 10.4 Å². The van der Waals surface area contributed by atoms with E-state index in [4.69, 9.17) is 17.5 Å². The van der Waals surface area contributed by atoms with Crippen LogP contribution in [0.25, 0.3) is 0 Å². The van der Waals surface area contributed by atoms with E-state index in [-0.39, 0.29) is 51.9 Å². The minimum atomic E-state index is -4.67. The van der Waals surface area contributed by atoms with E-state index in [1.165, 1.54) is 0 Å². The monoisotopic (exact) mass is 318 g/mol. The molecule has 0 aliphatic rings. The molecule has 0 aromatic carbocycles. The fourth-order valence-corrected chi connectivity index (χ4v) is 0. The van der Waals surface area contributed by atoms with Gasteiger partial charge in [-0.05, 0) is 0 Å². The molecule has 0 aliphatic heterocycles. The summed E-state index contributed by atoms with van der Waals surface area (Å²) in [4.78, 5) is 0. The Kier molecular flexibility index (Phi) is 13.0. The molecule has 2 N–H and O–H groups in total. The van der Waals surface area contributed by atoms with E-state index >= 15 is 0 Å². The predicted molar refractivity (Wildman–Crippen MR) is 19.9 cm³/mol. The smallest absolute Gasteiger partial charge is 0.264 e. The molecular formula is H2AuNaO4S. The van der Waals surface area contributed by atoms with Gasteiger partial charge < -0.3 is 0 Å². The van der Waals surface area contributed by atoms with Crippen molar-refractivity contribution < 1.29 is 39.9 Å². The zero-order chi connectivity index (χ0) is 4.50. The zero-order valence-electron chi connectivity index (χ0n) is 3.42. The maximum Gasteiger partial charge on any atom is 0.394 e. The van der Waals surface area contributed by atoms with E-state index in [2.05, 4.69) is 0 Å². The summed E-state index contributed by atoms with van der Waals surface area (Å²) in [6, 6.07) is 0. The molecule has 2 radical (unpaired) electrons. The van der Waals surface area contributed by atoms with Gasteiger partial charge in [0.25, 0.3) is 0 Å². The van der Waals surface area contributed by atoms with Crippen molar-refractivity contribution in [3.8, 4) is 0 Å². The van der Waals surface area contributed by atoms with Crippen molar-refractivity contribution in [2.24, 2.45) is 0 Å². The Morgan fingerprint density at radius 3 is 1.14 bits per heavy atom. The predicted octanol–water partition coefficient (Wildman–Crippen LogP) is -1.04. The van der Waals surface area contributed by atoms with Crippen LogP contribution in [-0.2, 0) is 32.8 Å². The van der Waals surface area contributed by atoms with Gasteiger partial charge in [0, 0.05) is 51.9 Å². The van der Waals surface area contributed by atoms with E-state index < -0.39 is 10.4 Å². The van der Waals surface area contributed by atoms with E-state index in [0.717, 1.165) is 0 Å². The molecule has 0 saturated carbocycles. The minimum absolute atomic E-state index is 0. The Morgan fingerprint density at radius 2 is 1.14 bits per heavy atom. The zero-order valence-corrected chi connectivity index (χ0v) is 8.40. The summed E-state index contributed by atoms with van der Waals surface area (Å²) in [7, 11) is -4.67. The molecule has 0 spiro atoms. The van der Waals surface area contributed by atoms with E-state index in [1.54, 1.807) is 0 Å². The molecule has 0 aromatic rings. The van der Waals surface area contributed by atoms with Crippen LogP contribution in [0.1, 0.15) is 0 Å². The van der Waals surface area contributed by atoms with Gasteiger partial charge in [0.2, 0.25) is 0 Å². The number of hydrogen-bond donors (Lipinski definition) is 2. The average Bonchev–Trinajstić information content (AvgIpc) is 0.722. The molecule has 0 aliphatic carbocycles. The molecule has 0 heterocycles. The average molecular weight is 318 g/mol. The summed E-state index contributed by atoms with van der Waals surface area (Å²) >= 11 is 0. The summed E-state index contributed by atoms with van der Waals surface area (Å²) in [6.07, 6.45) is 0. The van der Waals surface area contributed by atoms with E-state index in [9.17, 15) is 0 Å². The maximum absolute atomic E-state index is 8.74. The van der Waals surface area contributed by atoms with E-state index in [0.29, 0.717) is 0 Å². The van der Waals surface area contributed by atoms with Crippen molar-refractivity contribution in [1.29, 1.82) is 0 Å². The fourth-order valence-electron chi connectivity index (χ4n) is 0. The topological polar surface area (TPSA) is 74.6 Å². The Bertz CT molecular complexity index is 94.9. The summed E-state index contributed by atoms with van der Waals surface area (Å²) in [5.74, 6) is 0. The number of hydrogen-bond acceptors (Lipinski definition) is 2. The van der Waals surface area contributed by atoms with Gasteiger partial charge in [-0.25, -0.2) is 0 Å². The summed E-state index contributed by atoms with van der Waals surface area (Å²) in [5, 5.41) is 0. The Morgan fingerprint density at radius 1 is 1.14 bits per heavy atom. The van der Waals surface area contributed by atoms with Gasteiger partial charge in [-0.3, -0.25) is 9.11 Å². The first-order valence-electron chi connectivity index (χ1n) is 0.698. The van der Waals surface area contributed by atoms with Crippen LogP contribution in [0.3, 0.4) is 0 Å². The third kappa shape index (κ3) is 92.4. The van der Waals surface area contributed by atoms with Crippen LogP contribution in [0.4, 0.5) is 0 Å². The van der Waals surface area contributed by atoms with Crippen molar-refractivity contribution in [1.82, 2.24) is 0 Å². The third-order valence-electron chi connectivity index (χ3n) is 0. The molecular weight excluding hydrogens is 316 g/mol. The third-order valence-corrected chi connectivity index (χ3v) is 0. The Labute approximate surface area is 79.1 Å². The fraction of sp³-hybridized carbons (Fsp3) is 0. The maximum atomic E-state index is 8.74. The first-order chi connectivity index (χ1) is 2.00. The van der Waals surface area contributed by atoms with Crippen LogP contribution >= 0.6 is 0 Å². The molecule has 0 aromatic heterocycles. The van der Waals surface area contributed by atoms with Crippen LogP contribution in [-0.4, -0.2) is 47.1 Å². The molecule has 0 bridgehead atoms. The minimum Gasteiger partial charge on any atom is -0.264 e. The van der Waals surface area contributed by atoms with E-state index in [1.807, 2.05) is 0 Å². The first kappa shape index (κ1) is 15.8. The Balaban J connectivity index is -0.0000000800.